The van der Waals surface area contributed by atoms with E-state index in [4.69, 9.17) is 14.2 Å². The lowest BCUT2D eigenvalue weighted by molar-refractivity contribution is -0.140. The average molecular weight is 486 g/mol. The minimum Gasteiger partial charge on any atom is -0.507 e. The van der Waals surface area contributed by atoms with E-state index in [1.807, 2.05) is 0 Å². The van der Waals surface area contributed by atoms with Crippen LogP contribution >= 0.6 is 0 Å². The van der Waals surface area contributed by atoms with Crippen molar-refractivity contribution in [2.45, 2.75) is 12.6 Å². The Morgan fingerprint density at radius 2 is 1.78 bits per heavy atom. The first kappa shape index (κ1) is 23.1. The van der Waals surface area contributed by atoms with Crippen molar-refractivity contribution >= 4 is 23.4 Å². The number of fused-ring (bicyclic) bond motifs is 1. The second-order valence-corrected chi connectivity index (χ2v) is 8.26. The first-order valence-electron chi connectivity index (χ1n) is 11.2. The van der Waals surface area contributed by atoms with Crippen molar-refractivity contribution in [1.82, 2.24) is 9.88 Å². The minimum absolute atomic E-state index is 0.0635. The summed E-state index contributed by atoms with van der Waals surface area (Å²) in [6.07, 6.45) is 3.22. The highest BCUT2D eigenvalue weighted by atomic mass is 16.6. The predicted molar refractivity (Wildman–Crippen MR) is 127 cm³/mol. The number of benzene rings is 2. The van der Waals surface area contributed by atoms with Gasteiger partial charge in [0.15, 0.2) is 11.5 Å². The number of pyridine rings is 1. The molecular weight excluding hydrogens is 464 g/mol. The molecule has 182 valence electrons. The lowest BCUT2D eigenvalue weighted by atomic mass is 9.94. The maximum absolute atomic E-state index is 13.3. The molecular formula is C27H22N2O7. The van der Waals surface area contributed by atoms with E-state index in [0.29, 0.717) is 41.4 Å². The van der Waals surface area contributed by atoms with Gasteiger partial charge in [-0.2, -0.15) is 0 Å². The van der Waals surface area contributed by atoms with Crippen molar-refractivity contribution in [2.75, 3.05) is 20.3 Å². The highest BCUT2D eigenvalue weighted by molar-refractivity contribution is 6.46. The third-order valence-electron chi connectivity index (χ3n) is 6.08. The van der Waals surface area contributed by atoms with Gasteiger partial charge in [-0.05, 0) is 47.5 Å². The molecule has 3 aromatic rings. The fraction of sp³-hybridized carbons (Fsp3) is 0.185. The Bertz CT molecular complexity index is 1370. The van der Waals surface area contributed by atoms with Crippen LogP contribution in [0.4, 0.5) is 0 Å². The van der Waals surface area contributed by atoms with Crippen molar-refractivity contribution < 1.29 is 33.7 Å². The summed E-state index contributed by atoms with van der Waals surface area (Å²) >= 11 is 0. The Labute approximate surface area is 206 Å². The Kier molecular flexibility index (Phi) is 6.12. The molecule has 1 atom stereocenters. The van der Waals surface area contributed by atoms with Crippen LogP contribution in [0, 0.1) is 0 Å². The number of carbonyl (C=O) groups excluding carboxylic acids is 3. The number of likely N-dealkylation sites (tertiary alicyclic amines) is 1. The van der Waals surface area contributed by atoms with Crippen LogP contribution in [0.5, 0.6) is 11.5 Å². The van der Waals surface area contributed by atoms with E-state index in [-0.39, 0.29) is 17.9 Å². The number of Topliss-reactive ketones (excluding diaryl/α,β-unsaturated/α-hetero) is 1. The summed E-state index contributed by atoms with van der Waals surface area (Å²) in [5, 5.41) is 11.3. The molecule has 0 saturated carbocycles. The number of amides is 1. The number of ketones is 1. The van der Waals surface area contributed by atoms with Gasteiger partial charge >= 0.3 is 5.97 Å². The van der Waals surface area contributed by atoms with Crippen LogP contribution in [-0.4, -0.2) is 53.0 Å². The molecule has 1 amide bonds. The fourth-order valence-electron chi connectivity index (χ4n) is 4.34. The van der Waals surface area contributed by atoms with E-state index in [1.54, 1.807) is 67.0 Å². The van der Waals surface area contributed by atoms with Gasteiger partial charge in [0.2, 0.25) is 0 Å². The summed E-state index contributed by atoms with van der Waals surface area (Å²) in [5.74, 6) is -1.43. The highest BCUT2D eigenvalue weighted by Gasteiger charge is 2.46. The van der Waals surface area contributed by atoms with Crippen LogP contribution in [0.15, 0.2) is 72.6 Å². The largest absolute Gasteiger partial charge is 0.507 e. The summed E-state index contributed by atoms with van der Waals surface area (Å²) in [4.78, 5) is 43.8. The van der Waals surface area contributed by atoms with E-state index in [1.165, 1.54) is 12.0 Å². The van der Waals surface area contributed by atoms with E-state index in [9.17, 15) is 19.5 Å². The molecule has 0 bridgehead atoms. The molecule has 1 N–H and O–H groups in total. The van der Waals surface area contributed by atoms with Crippen molar-refractivity contribution in [3.05, 3.63) is 94.8 Å². The molecule has 1 unspecified atom stereocenters. The molecule has 0 spiro atoms. The van der Waals surface area contributed by atoms with Crippen LogP contribution in [-0.2, 0) is 20.9 Å². The summed E-state index contributed by atoms with van der Waals surface area (Å²) in [6.45, 7) is 0.873. The van der Waals surface area contributed by atoms with Crippen LogP contribution in [0.1, 0.15) is 33.1 Å². The number of aliphatic hydroxyl groups is 1. The zero-order valence-corrected chi connectivity index (χ0v) is 19.3. The quantitative estimate of drug-likeness (QED) is 0.253. The van der Waals surface area contributed by atoms with Crippen molar-refractivity contribution in [1.29, 1.82) is 0 Å². The molecule has 0 radical (unpaired) electrons. The van der Waals surface area contributed by atoms with Gasteiger partial charge in [-0.25, -0.2) is 4.79 Å². The maximum atomic E-state index is 13.3. The molecule has 2 aliphatic rings. The van der Waals surface area contributed by atoms with Crippen LogP contribution in [0.2, 0.25) is 0 Å². The van der Waals surface area contributed by atoms with Gasteiger partial charge in [0.25, 0.3) is 11.7 Å². The molecule has 9 nitrogen and oxygen atoms in total. The number of aromatic nitrogens is 1. The summed E-state index contributed by atoms with van der Waals surface area (Å²) in [7, 11) is 1.28. The van der Waals surface area contributed by atoms with Gasteiger partial charge in [-0.3, -0.25) is 14.6 Å². The number of hydrogen-bond acceptors (Lipinski definition) is 8. The lowest BCUT2D eigenvalue weighted by Crippen LogP contribution is -2.29. The van der Waals surface area contributed by atoms with E-state index >= 15 is 0 Å². The smallest absolute Gasteiger partial charge is 0.337 e. The van der Waals surface area contributed by atoms with Crippen molar-refractivity contribution in [3.63, 3.8) is 0 Å². The van der Waals surface area contributed by atoms with Gasteiger partial charge in [-0.1, -0.05) is 18.2 Å². The van der Waals surface area contributed by atoms with Crippen molar-refractivity contribution in [3.8, 4) is 11.5 Å². The molecule has 2 aliphatic heterocycles. The monoisotopic (exact) mass is 486 g/mol. The molecule has 5 rings (SSSR count). The Morgan fingerprint density at radius 1 is 1.06 bits per heavy atom. The topological polar surface area (TPSA) is 115 Å². The highest BCUT2D eigenvalue weighted by Crippen LogP contribution is 2.41. The van der Waals surface area contributed by atoms with Gasteiger partial charge < -0.3 is 24.2 Å². The number of ether oxygens (including phenoxy) is 3. The number of esters is 1. The molecule has 0 aliphatic carbocycles. The number of methoxy groups -OCH3 is 1. The third kappa shape index (κ3) is 4.15. The normalized spacial score (nSPS) is 18.2. The first-order chi connectivity index (χ1) is 17.5. The Morgan fingerprint density at radius 3 is 2.47 bits per heavy atom. The second kappa shape index (κ2) is 9.53. The van der Waals surface area contributed by atoms with Gasteiger partial charge in [0.05, 0.1) is 24.3 Å². The molecule has 3 heterocycles. The second-order valence-electron chi connectivity index (χ2n) is 8.26. The zero-order valence-electron chi connectivity index (χ0n) is 19.3. The Balaban J connectivity index is 1.62. The molecule has 1 aromatic heterocycles. The fourth-order valence-corrected chi connectivity index (χ4v) is 4.34. The number of hydrogen-bond donors (Lipinski definition) is 1. The summed E-state index contributed by atoms with van der Waals surface area (Å²) in [6, 6.07) is 13.8. The standard InChI is InChI=1S/C27H22N2O7/c1-34-27(33)18-6-4-17(5-7-18)23-22(24(30)19-8-9-20-21(13-19)36-12-11-35-20)25(31)26(32)29(23)15-16-3-2-10-28-14-16/h2-10,13-14,23,30H,11-12,15H2,1H3/b24-22-. The zero-order chi connectivity index (χ0) is 25.2. The van der Waals surface area contributed by atoms with Crippen LogP contribution in [0.25, 0.3) is 5.76 Å². The summed E-state index contributed by atoms with van der Waals surface area (Å²) < 4.78 is 15.9. The number of rotatable bonds is 5. The van der Waals surface area contributed by atoms with Crippen LogP contribution < -0.4 is 9.47 Å². The maximum Gasteiger partial charge on any atom is 0.337 e. The number of aliphatic hydroxyl groups excluding tert-OH is 1. The molecule has 1 fully saturated rings. The molecule has 1 saturated heterocycles. The molecule has 2 aromatic carbocycles. The average Bonchev–Trinajstić information content (AvgIpc) is 3.17. The van der Waals surface area contributed by atoms with Crippen LogP contribution in [0.3, 0.4) is 0 Å². The van der Waals surface area contributed by atoms with E-state index < -0.39 is 23.7 Å². The summed E-state index contributed by atoms with van der Waals surface area (Å²) in [5.41, 5.74) is 1.83. The molecule has 9 heteroatoms. The lowest BCUT2D eigenvalue weighted by Gasteiger charge is -2.25. The molecule has 36 heavy (non-hydrogen) atoms. The SMILES string of the molecule is COC(=O)c1ccc(C2/C(=C(/O)c3ccc4c(c3)OCCO4)C(=O)C(=O)N2Cc2cccnc2)cc1. The number of nitrogens with zero attached hydrogens (tertiary/aromatic N) is 2. The van der Waals surface area contributed by atoms with Gasteiger partial charge in [-0.15, -0.1) is 0 Å². The first-order valence-corrected chi connectivity index (χ1v) is 11.2. The van der Waals surface area contributed by atoms with Crippen molar-refractivity contribution in [2.24, 2.45) is 0 Å². The predicted octanol–water partition coefficient (Wildman–Crippen LogP) is 3.26. The third-order valence-corrected chi connectivity index (χ3v) is 6.08. The van der Waals surface area contributed by atoms with Gasteiger partial charge in [0.1, 0.15) is 19.0 Å². The number of carbonyl (C=O) groups is 3. The van der Waals surface area contributed by atoms with Gasteiger partial charge in [0, 0.05) is 24.5 Å². The van der Waals surface area contributed by atoms with E-state index in [2.05, 4.69) is 4.98 Å². The van der Waals surface area contributed by atoms with E-state index in [0.717, 1.165) is 5.56 Å². The minimum atomic E-state index is -0.898. The Hall–Kier alpha value is -4.66.